The molecule has 8 nitrogen and oxygen atoms in total. The first-order chi connectivity index (χ1) is 20.7. The van der Waals surface area contributed by atoms with E-state index in [2.05, 4.69) is 4.99 Å². The summed E-state index contributed by atoms with van der Waals surface area (Å²) in [6.07, 6.45) is 1.71. The fourth-order valence-electron chi connectivity index (χ4n) is 4.79. The third-order valence-electron chi connectivity index (χ3n) is 6.83. The molecule has 0 amide bonds. The van der Waals surface area contributed by atoms with Crippen molar-refractivity contribution >= 4 is 23.4 Å². The maximum Gasteiger partial charge on any atom is 0.338 e. The highest BCUT2D eigenvalue weighted by Crippen LogP contribution is 2.32. The van der Waals surface area contributed by atoms with Crippen molar-refractivity contribution in [1.29, 1.82) is 0 Å². The lowest BCUT2D eigenvalue weighted by Gasteiger charge is -2.24. The summed E-state index contributed by atoms with van der Waals surface area (Å²) in [4.78, 5) is 32.0. The molecule has 0 radical (unpaired) electrons. The Balaban J connectivity index is 1.57. The van der Waals surface area contributed by atoms with Crippen molar-refractivity contribution < 1.29 is 32.5 Å². The third kappa shape index (κ3) is 6.07. The average molecular weight is 607 g/mol. The summed E-state index contributed by atoms with van der Waals surface area (Å²) in [5, 5.41) is 0. The lowest BCUT2D eigenvalue weighted by molar-refractivity contribution is -0.139. The lowest BCUT2D eigenvalue weighted by Crippen LogP contribution is -2.39. The first-order valence-corrected chi connectivity index (χ1v) is 14.1. The number of nitrogens with zero attached hydrogens (tertiary/aromatic N) is 2. The van der Waals surface area contributed by atoms with Crippen LogP contribution in [0.2, 0.25) is 0 Å². The number of benzene rings is 3. The predicted molar refractivity (Wildman–Crippen MR) is 157 cm³/mol. The van der Waals surface area contributed by atoms with Crippen molar-refractivity contribution in [2.24, 2.45) is 4.99 Å². The minimum Gasteiger partial charge on any atom is -0.497 e. The highest BCUT2D eigenvalue weighted by Gasteiger charge is 2.33. The Morgan fingerprint density at radius 2 is 1.77 bits per heavy atom. The number of thiazole rings is 1. The van der Waals surface area contributed by atoms with Crippen LogP contribution in [-0.4, -0.2) is 31.4 Å². The van der Waals surface area contributed by atoms with E-state index in [1.807, 2.05) is 0 Å². The van der Waals surface area contributed by atoms with Crippen LogP contribution in [0.1, 0.15) is 36.6 Å². The Hall–Kier alpha value is -4.77. The Morgan fingerprint density at radius 3 is 2.44 bits per heavy atom. The first kappa shape index (κ1) is 29.7. The first-order valence-electron chi connectivity index (χ1n) is 13.3. The molecule has 0 spiro atoms. The number of carbonyl (C=O) groups is 1. The van der Waals surface area contributed by atoms with Crippen LogP contribution in [0.4, 0.5) is 8.78 Å². The van der Waals surface area contributed by atoms with Crippen molar-refractivity contribution in [1.82, 2.24) is 4.57 Å². The zero-order valence-corrected chi connectivity index (χ0v) is 24.7. The monoisotopic (exact) mass is 606 g/mol. The van der Waals surface area contributed by atoms with Gasteiger partial charge in [-0.15, -0.1) is 0 Å². The minimum atomic E-state index is -0.819. The number of esters is 1. The van der Waals surface area contributed by atoms with Gasteiger partial charge in [0.1, 0.15) is 23.9 Å². The van der Waals surface area contributed by atoms with E-state index < -0.39 is 23.6 Å². The average Bonchev–Trinajstić information content (AvgIpc) is 3.30. The molecule has 3 aromatic carbocycles. The molecule has 222 valence electrons. The van der Waals surface area contributed by atoms with Crippen molar-refractivity contribution in [2.45, 2.75) is 26.5 Å². The number of carbonyl (C=O) groups excluding carboxylic acids is 1. The van der Waals surface area contributed by atoms with E-state index in [9.17, 15) is 18.4 Å². The lowest BCUT2D eigenvalue weighted by atomic mass is 9.96. The van der Waals surface area contributed by atoms with E-state index in [1.165, 1.54) is 29.1 Å². The number of rotatable bonds is 9. The molecule has 11 heteroatoms. The number of aromatic nitrogens is 1. The Bertz CT molecular complexity index is 1900. The number of ether oxygens (including phenoxy) is 4. The zero-order valence-electron chi connectivity index (χ0n) is 23.9. The summed E-state index contributed by atoms with van der Waals surface area (Å²) in [5.74, 6) is -1.04. The molecule has 2 heterocycles. The predicted octanol–water partition coefficient (Wildman–Crippen LogP) is 4.67. The number of hydrogen-bond acceptors (Lipinski definition) is 8. The van der Waals surface area contributed by atoms with Crippen LogP contribution in [0.25, 0.3) is 6.08 Å². The third-order valence-corrected chi connectivity index (χ3v) is 7.81. The van der Waals surface area contributed by atoms with Gasteiger partial charge in [0.25, 0.3) is 5.56 Å². The number of methoxy groups -OCH3 is 2. The molecule has 1 aromatic heterocycles. The molecule has 0 saturated heterocycles. The van der Waals surface area contributed by atoms with Gasteiger partial charge in [-0.25, -0.2) is 18.6 Å². The summed E-state index contributed by atoms with van der Waals surface area (Å²) in [6.45, 7) is 3.55. The molecule has 0 fully saturated rings. The van der Waals surface area contributed by atoms with Gasteiger partial charge < -0.3 is 18.9 Å². The molecule has 5 rings (SSSR count). The maximum absolute atomic E-state index is 14.1. The normalized spacial score (nSPS) is 14.7. The molecule has 1 atom stereocenters. The summed E-state index contributed by atoms with van der Waals surface area (Å²) in [7, 11) is 3.06. The van der Waals surface area contributed by atoms with E-state index in [0.29, 0.717) is 43.2 Å². The van der Waals surface area contributed by atoms with Crippen molar-refractivity contribution in [3.8, 4) is 17.2 Å². The minimum absolute atomic E-state index is 0.0613. The van der Waals surface area contributed by atoms with Gasteiger partial charge in [0.05, 0.1) is 42.7 Å². The quantitative estimate of drug-likeness (QED) is 0.258. The summed E-state index contributed by atoms with van der Waals surface area (Å²) < 4.78 is 51.0. The number of allylic oxidation sites excluding steroid dienone is 1. The van der Waals surface area contributed by atoms with Gasteiger partial charge in [-0.1, -0.05) is 29.5 Å². The molecule has 0 bridgehead atoms. The van der Waals surface area contributed by atoms with Crippen LogP contribution in [-0.2, 0) is 16.1 Å². The second-order valence-corrected chi connectivity index (χ2v) is 10.5. The summed E-state index contributed by atoms with van der Waals surface area (Å²) in [5.41, 5.74) is 2.35. The molecule has 4 aromatic rings. The molecule has 43 heavy (non-hydrogen) atoms. The molecule has 0 N–H and O–H groups in total. The molecule has 1 aliphatic rings. The molecule has 0 saturated carbocycles. The SMILES string of the molecule is CCOC(=O)C1=C(C)N=c2sc(=Cc3ccc(OC)c(COc4ccc(F)cc4F)c3)c(=O)n2[C@H]1c1ccc(OC)cc1. The van der Waals surface area contributed by atoms with Gasteiger partial charge in [0.2, 0.25) is 0 Å². The Morgan fingerprint density at radius 1 is 1.02 bits per heavy atom. The topological polar surface area (TPSA) is 88.4 Å². The molecule has 1 aliphatic heterocycles. The van der Waals surface area contributed by atoms with E-state index in [-0.39, 0.29) is 30.1 Å². The smallest absolute Gasteiger partial charge is 0.338 e. The van der Waals surface area contributed by atoms with Crippen LogP contribution in [0.5, 0.6) is 17.2 Å². The fraction of sp³-hybridized carbons (Fsp3) is 0.219. The van der Waals surface area contributed by atoms with Gasteiger partial charge in [0, 0.05) is 11.6 Å². The van der Waals surface area contributed by atoms with E-state index in [1.54, 1.807) is 69.5 Å². The largest absolute Gasteiger partial charge is 0.497 e. The molecule has 0 unspecified atom stereocenters. The number of fused-ring (bicyclic) bond motifs is 1. The van der Waals surface area contributed by atoms with Gasteiger partial charge >= 0.3 is 5.97 Å². The van der Waals surface area contributed by atoms with Gasteiger partial charge in [0.15, 0.2) is 16.4 Å². The Kier molecular flexibility index (Phi) is 8.72. The van der Waals surface area contributed by atoms with E-state index in [0.717, 1.165) is 12.1 Å². The van der Waals surface area contributed by atoms with Crippen molar-refractivity contribution in [2.75, 3.05) is 20.8 Å². The van der Waals surface area contributed by atoms with Crippen LogP contribution in [0.3, 0.4) is 0 Å². The fourth-order valence-corrected chi connectivity index (χ4v) is 5.84. The number of hydrogen-bond donors (Lipinski definition) is 0. The van der Waals surface area contributed by atoms with Crippen LogP contribution < -0.4 is 29.1 Å². The van der Waals surface area contributed by atoms with Crippen LogP contribution >= 0.6 is 11.3 Å². The Labute approximate surface area is 249 Å². The maximum atomic E-state index is 14.1. The summed E-state index contributed by atoms with van der Waals surface area (Å²) in [6, 6.07) is 14.7. The molecular weight excluding hydrogens is 578 g/mol. The van der Waals surface area contributed by atoms with E-state index in [4.69, 9.17) is 18.9 Å². The van der Waals surface area contributed by atoms with Gasteiger partial charge in [-0.3, -0.25) is 9.36 Å². The van der Waals surface area contributed by atoms with Crippen LogP contribution in [0, 0.1) is 11.6 Å². The zero-order chi connectivity index (χ0) is 30.7. The number of halogens is 2. The standard InChI is InChI=1S/C32H28F2N2O6S/c1-5-41-31(38)28-18(2)35-32-36(29(28)20-7-10-23(39-3)11-8-20)30(37)27(43-32)15-19-6-12-25(40-4)21(14-19)17-42-26-13-9-22(33)16-24(26)34/h6-16,29H,5,17H2,1-4H3/t29-/m0/s1. The van der Waals surface area contributed by atoms with Crippen molar-refractivity contribution in [3.05, 3.63) is 120 Å². The highest BCUT2D eigenvalue weighted by atomic mass is 32.1. The highest BCUT2D eigenvalue weighted by molar-refractivity contribution is 7.07. The molecule has 0 aliphatic carbocycles. The van der Waals surface area contributed by atoms with Crippen molar-refractivity contribution in [3.63, 3.8) is 0 Å². The molecular formula is C32H28F2N2O6S. The van der Waals surface area contributed by atoms with E-state index >= 15 is 0 Å². The second-order valence-electron chi connectivity index (χ2n) is 9.51. The second kappa shape index (κ2) is 12.6. The summed E-state index contributed by atoms with van der Waals surface area (Å²) >= 11 is 1.19. The van der Waals surface area contributed by atoms with Gasteiger partial charge in [-0.05, 0) is 67.4 Å². The van der Waals surface area contributed by atoms with Crippen LogP contribution in [0.15, 0.2) is 81.7 Å². The van der Waals surface area contributed by atoms with Gasteiger partial charge in [-0.2, -0.15) is 0 Å².